The first-order chi connectivity index (χ1) is 5.33. The molecule has 0 aliphatic carbocycles. The molecule has 0 radical (unpaired) electrons. The van der Waals surface area contributed by atoms with Gasteiger partial charge in [0.05, 0.1) is 20.1 Å². The summed E-state index contributed by atoms with van der Waals surface area (Å²) in [6, 6.07) is 0. The zero-order valence-electron chi connectivity index (χ0n) is 7.49. The minimum atomic E-state index is -1.16. The fraction of sp³-hybridized carbons (Fsp3) is 0.714. The van der Waals surface area contributed by atoms with Crippen LogP contribution < -0.4 is 5.11 Å². The Kier molecular flexibility index (Phi) is 3.69. The van der Waals surface area contributed by atoms with Gasteiger partial charge in [-0.15, -0.1) is 0 Å². The van der Waals surface area contributed by atoms with Crippen molar-refractivity contribution in [3.8, 4) is 0 Å². The van der Waals surface area contributed by atoms with Crippen LogP contribution in [0, 0.1) is 0 Å². The number of aliphatic carboxylic acids is 1. The summed E-state index contributed by atoms with van der Waals surface area (Å²) >= 11 is 0. The summed E-state index contributed by atoms with van der Waals surface area (Å²) in [4.78, 5) is 20.6. The van der Waals surface area contributed by atoms with Crippen molar-refractivity contribution >= 4 is 11.9 Å². The number of nitrogens with zero attached hydrogens (tertiary/aromatic N) is 1. The lowest BCUT2D eigenvalue weighted by Gasteiger charge is -2.28. The van der Waals surface area contributed by atoms with E-state index in [1.807, 2.05) is 0 Å². The van der Waals surface area contributed by atoms with Gasteiger partial charge in [-0.25, -0.2) is 0 Å². The number of likely N-dealkylation sites (N-methyl/N-ethyl adjacent to an activating group) is 1. The molecule has 0 aromatic heterocycles. The van der Waals surface area contributed by atoms with E-state index in [1.165, 1.54) is 6.92 Å². The number of hydrogen-bond acceptors (Lipinski definition) is 4. The van der Waals surface area contributed by atoms with E-state index in [0.717, 1.165) is 0 Å². The fourth-order valence-corrected chi connectivity index (χ4v) is 0.661. The summed E-state index contributed by atoms with van der Waals surface area (Å²) < 4.78 is 4.72. The number of carboxylic acids is 1. The van der Waals surface area contributed by atoms with Crippen molar-refractivity contribution in [2.24, 2.45) is 0 Å². The van der Waals surface area contributed by atoms with E-state index in [-0.39, 0.29) is 17.8 Å². The Morgan fingerprint density at radius 2 is 1.92 bits per heavy atom. The largest absolute Gasteiger partial charge is 0.544 e. The first kappa shape index (κ1) is 10.9. The zero-order valence-corrected chi connectivity index (χ0v) is 7.49. The summed E-state index contributed by atoms with van der Waals surface area (Å²) in [5.41, 5.74) is 0. The minimum absolute atomic E-state index is 0.0450. The molecule has 0 bridgehead atoms. The van der Waals surface area contributed by atoms with Gasteiger partial charge in [-0.3, -0.25) is 9.28 Å². The molecule has 5 heteroatoms. The number of carboxylic acid groups (broad SMARTS) is 1. The highest BCUT2D eigenvalue weighted by atomic mass is 16.5. The van der Waals surface area contributed by atoms with Crippen LogP contribution in [0.2, 0.25) is 0 Å². The summed E-state index contributed by atoms with van der Waals surface area (Å²) in [6.45, 7) is 1.15. The van der Waals surface area contributed by atoms with Crippen molar-refractivity contribution in [1.82, 2.24) is 0 Å². The lowest BCUT2D eigenvalue weighted by Crippen LogP contribution is -2.49. The van der Waals surface area contributed by atoms with Gasteiger partial charge in [0.1, 0.15) is 6.54 Å². The van der Waals surface area contributed by atoms with Gasteiger partial charge in [0.25, 0.3) is 0 Å². The maximum atomic E-state index is 10.4. The van der Waals surface area contributed by atoms with Crippen LogP contribution in [0.4, 0.5) is 0 Å². The Labute approximate surface area is 71.1 Å². The molecule has 0 rings (SSSR count). The van der Waals surface area contributed by atoms with Crippen molar-refractivity contribution in [3.05, 3.63) is 0 Å². The van der Waals surface area contributed by atoms with Gasteiger partial charge >= 0.3 is 5.97 Å². The van der Waals surface area contributed by atoms with Crippen LogP contribution in [0.25, 0.3) is 0 Å². The summed E-state index contributed by atoms with van der Waals surface area (Å²) in [5.74, 6) is -1.58. The Balaban J connectivity index is 3.86. The quantitative estimate of drug-likeness (QED) is 0.291. The molecule has 0 aromatic carbocycles. The third-order valence-electron chi connectivity index (χ3n) is 1.17. The third kappa shape index (κ3) is 5.67. The van der Waals surface area contributed by atoms with Gasteiger partial charge in [0.15, 0.2) is 0 Å². The van der Waals surface area contributed by atoms with Gasteiger partial charge in [0.2, 0.25) is 6.73 Å². The third-order valence-corrected chi connectivity index (χ3v) is 1.17. The minimum Gasteiger partial charge on any atom is -0.544 e. The molecule has 0 saturated carbocycles. The molecule has 0 aliphatic rings. The van der Waals surface area contributed by atoms with Gasteiger partial charge in [0, 0.05) is 6.92 Å². The first-order valence-corrected chi connectivity index (χ1v) is 3.49. The maximum absolute atomic E-state index is 10.4. The molecule has 70 valence electrons. The van der Waals surface area contributed by atoms with E-state index < -0.39 is 11.9 Å². The molecular formula is C7H13NO4. The highest BCUT2D eigenvalue weighted by Gasteiger charge is 2.16. The van der Waals surface area contributed by atoms with Crippen molar-refractivity contribution in [1.29, 1.82) is 0 Å². The van der Waals surface area contributed by atoms with Crippen LogP contribution in [0.3, 0.4) is 0 Å². The van der Waals surface area contributed by atoms with Crippen molar-refractivity contribution in [2.45, 2.75) is 6.92 Å². The fourth-order valence-electron chi connectivity index (χ4n) is 0.661. The van der Waals surface area contributed by atoms with E-state index >= 15 is 0 Å². The van der Waals surface area contributed by atoms with Gasteiger partial charge in [-0.1, -0.05) is 0 Å². The summed E-state index contributed by atoms with van der Waals surface area (Å²) in [6.07, 6.45) is 0. The molecule has 0 spiro atoms. The van der Waals surface area contributed by atoms with E-state index in [4.69, 9.17) is 0 Å². The SMILES string of the molecule is CC(=O)OC[N+](C)(C)CC(=O)[O-]. The van der Waals surface area contributed by atoms with Crippen LogP contribution >= 0.6 is 0 Å². The van der Waals surface area contributed by atoms with Crippen LogP contribution in [0.1, 0.15) is 6.92 Å². The van der Waals surface area contributed by atoms with Crippen molar-refractivity contribution < 1.29 is 23.9 Å². The zero-order chi connectivity index (χ0) is 9.78. The first-order valence-electron chi connectivity index (χ1n) is 3.49. The van der Waals surface area contributed by atoms with Gasteiger partial charge < -0.3 is 14.6 Å². The van der Waals surface area contributed by atoms with Crippen LogP contribution in [-0.4, -0.2) is 43.8 Å². The molecule has 0 amide bonds. The van der Waals surface area contributed by atoms with E-state index in [0.29, 0.717) is 0 Å². The van der Waals surface area contributed by atoms with E-state index in [1.54, 1.807) is 14.1 Å². The molecular weight excluding hydrogens is 162 g/mol. The molecule has 0 heterocycles. The molecule has 0 saturated heterocycles. The number of quaternary nitrogens is 1. The average Bonchev–Trinajstić information content (AvgIpc) is 1.81. The maximum Gasteiger partial charge on any atom is 0.306 e. The number of carbonyl (C=O) groups is 2. The van der Waals surface area contributed by atoms with Crippen molar-refractivity contribution in [2.75, 3.05) is 27.4 Å². The molecule has 0 unspecified atom stereocenters. The Morgan fingerprint density at radius 3 is 2.25 bits per heavy atom. The van der Waals surface area contributed by atoms with Crippen LogP contribution in [0.5, 0.6) is 0 Å². The molecule has 0 aliphatic heterocycles. The van der Waals surface area contributed by atoms with E-state index in [2.05, 4.69) is 4.74 Å². The Hall–Kier alpha value is -1.10. The Bertz CT molecular complexity index is 188. The Morgan fingerprint density at radius 1 is 1.42 bits per heavy atom. The molecule has 0 atom stereocenters. The molecule has 0 N–H and O–H groups in total. The predicted molar refractivity (Wildman–Crippen MR) is 38.6 cm³/mol. The van der Waals surface area contributed by atoms with Crippen LogP contribution in [0.15, 0.2) is 0 Å². The standard InChI is InChI=1S/C7H13NO4/c1-6(9)12-5-8(2,3)4-7(10)11/h4-5H2,1-3H3. The predicted octanol–water partition coefficient (Wildman–Crippen LogP) is -1.67. The summed E-state index contributed by atoms with van der Waals surface area (Å²) in [7, 11) is 3.28. The smallest absolute Gasteiger partial charge is 0.306 e. The second kappa shape index (κ2) is 4.06. The number of rotatable bonds is 4. The van der Waals surface area contributed by atoms with Crippen LogP contribution in [-0.2, 0) is 14.3 Å². The highest BCUT2D eigenvalue weighted by Crippen LogP contribution is 1.95. The molecule has 0 fully saturated rings. The second-order valence-electron chi connectivity index (χ2n) is 3.23. The lowest BCUT2D eigenvalue weighted by atomic mass is 10.5. The topological polar surface area (TPSA) is 66.4 Å². The normalized spacial score (nSPS) is 10.9. The highest BCUT2D eigenvalue weighted by molar-refractivity contribution is 5.66. The number of esters is 1. The molecule has 0 aromatic rings. The number of carbonyl (C=O) groups excluding carboxylic acids is 2. The number of hydrogen-bond donors (Lipinski definition) is 0. The van der Waals surface area contributed by atoms with Gasteiger partial charge in [-0.05, 0) is 0 Å². The number of ether oxygens (including phenoxy) is 1. The summed E-state index contributed by atoms with van der Waals surface area (Å²) in [5, 5.41) is 10.2. The lowest BCUT2D eigenvalue weighted by molar-refractivity contribution is -0.901. The average molecular weight is 175 g/mol. The van der Waals surface area contributed by atoms with Crippen molar-refractivity contribution in [3.63, 3.8) is 0 Å². The second-order valence-corrected chi connectivity index (χ2v) is 3.23. The van der Waals surface area contributed by atoms with Gasteiger partial charge in [-0.2, -0.15) is 0 Å². The van der Waals surface area contributed by atoms with E-state index in [9.17, 15) is 14.7 Å². The molecule has 5 nitrogen and oxygen atoms in total. The molecule has 12 heavy (non-hydrogen) atoms. The monoisotopic (exact) mass is 175 g/mol.